The predicted molar refractivity (Wildman–Crippen MR) is 88.0 cm³/mol. The molecule has 0 N–H and O–H groups in total. The zero-order valence-electron chi connectivity index (χ0n) is 12.7. The first-order valence-electron chi connectivity index (χ1n) is 7.17. The molecule has 0 bridgehead atoms. The van der Waals surface area contributed by atoms with Gasteiger partial charge in [-0.1, -0.05) is 35.9 Å². The zero-order chi connectivity index (χ0) is 15.0. The summed E-state index contributed by atoms with van der Waals surface area (Å²) in [6.07, 6.45) is 2.75. The molecular weight excluding hydrogens is 258 g/mol. The van der Waals surface area contributed by atoms with Crippen molar-refractivity contribution in [3.63, 3.8) is 0 Å². The number of allylic oxidation sites excluding steroid dienone is 1. The van der Waals surface area contributed by atoms with Gasteiger partial charge in [-0.15, -0.1) is 0 Å². The minimum absolute atomic E-state index is 0.168. The fourth-order valence-electron chi connectivity index (χ4n) is 2.74. The van der Waals surface area contributed by atoms with Crippen molar-refractivity contribution in [3.05, 3.63) is 70.3 Å². The van der Waals surface area contributed by atoms with Crippen molar-refractivity contribution in [3.8, 4) is 0 Å². The smallest absolute Gasteiger partial charge is 0.189 e. The number of hydrogen-bond acceptors (Lipinski definition) is 2. The maximum absolute atomic E-state index is 12.4. The van der Waals surface area contributed by atoms with Crippen molar-refractivity contribution in [1.29, 1.82) is 0 Å². The van der Waals surface area contributed by atoms with E-state index in [0.29, 0.717) is 0 Å². The van der Waals surface area contributed by atoms with Crippen LogP contribution in [0.25, 0.3) is 6.08 Å². The third kappa shape index (κ3) is 2.62. The Bertz CT molecular complexity index is 724. The molecule has 0 unspecified atom stereocenters. The number of fused-ring (bicyclic) bond motifs is 1. The Morgan fingerprint density at radius 1 is 1.05 bits per heavy atom. The minimum Gasteiger partial charge on any atom is -0.378 e. The highest BCUT2D eigenvalue weighted by Gasteiger charge is 2.24. The number of carbonyl (C=O) groups excluding carboxylic acids is 1. The van der Waals surface area contributed by atoms with Gasteiger partial charge in [0.2, 0.25) is 0 Å². The summed E-state index contributed by atoms with van der Waals surface area (Å²) in [5.74, 6) is 0.168. The van der Waals surface area contributed by atoms with Crippen LogP contribution < -0.4 is 4.90 Å². The first-order valence-corrected chi connectivity index (χ1v) is 7.17. The van der Waals surface area contributed by atoms with Crippen LogP contribution in [0, 0.1) is 6.92 Å². The number of nitrogens with zero attached hydrogens (tertiary/aromatic N) is 1. The molecule has 0 aromatic heterocycles. The summed E-state index contributed by atoms with van der Waals surface area (Å²) in [5.41, 5.74) is 6.33. The topological polar surface area (TPSA) is 20.3 Å². The molecule has 0 radical (unpaired) electrons. The number of ketones is 1. The Morgan fingerprint density at radius 3 is 2.43 bits per heavy atom. The van der Waals surface area contributed by atoms with Gasteiger partial charge in [0.25, 0.3) is 0 Å². The highest BCUT2D eigenvalue weighted by atomic mass is 16.1. The van der Waals surface area contributed by atoms with E-state index in [0.717, 1.165) is 34.4 Å². The molecule has 0 amide bonds. The van der Waals surface area contributed by atoms with Crippen LogP contribution in [-0.4, -0.2) is 19.9 Å². The van der Waals surface area contributed by atoms with Crippen molar-refractivity contribution in [2.45, 2.75) is 13.3 Å². The van der Waals surface area contributed by atoms with E-state index in [-0.39, 0.29) is 5.78 Å². The van der Waals surface area contributed by atoms with Gasteiger partial charge in [-0.05, 0) is 36.3 Å². The molecule has 2 aromatic rings. The molecule has 2 heteroatoms. The van der Waals surface area contributed by atoms with E-state index in [4.69, 9.17) is 0 Å². The molecule has 0 heterocycles. The average molecular weight is 277 g/mol. The molecular formula is C19H19NO. The number of rotatable bonds is 2. The highest BCUT2D eigenvalue weighted by molar-refractivity contribution is 6.15. The molecule has 0 saturated carbocycles. The third-order valence-corrected chi connectivity index (χ3v) is 3.93. The van der Waals surface area contributed by atoms with Crippen molar-refractivity contribution in [2.75, 3.05) is 19.0 Å². The normalized spacial score (nSPS) is 15.4. The lowest BCUT2D eigenvalue weighted by atomic mass is 10.1. The van der Waals surface area contributed by atoms with Crippen molar-refractivity contribution in [1.82, 2.24) is 0 Å². The second-order valence-corrected chi connectivity index (χ2v) is 5.82. The minimum atomic E-state index is 0.168. The molecule has 106 valence electrons. The summed E-state index contributed by atoms with van der Waals surface area (Å²) < 4.78 is 0. The molecule has 2 aromatic carbocycles. The maximum Gasteiger partial charge on any atom is 0.189 e. The Hall–Kier alpha value is -2.35. The van der Waals surface area contributed by atoms with Gasteiger partial charge in [0, 0.05) is 37.3 Å². The van der Waals surface area contributed by atoms with E-state index < -0.39 is 0 Å². The number of anilines is 1. The van der Waals surface area contributed by atoms with Crippen LogP contribution in [0.4, 0.5) is 5.69 Å². The van der Waals surface area contributed by atoms with Crippen LogP contribution in [0.3, 0.4) is 0 Å². The van der Waals surface area contributed by atoms with Crippen LogP contribution >= 0.6 is 0 Å². The third-order valence-electron chi connectivity index (χ3n) is 3.93. The average Bonchev–Trinajstić information content (AvgIpc) is 2.75. The quantitative estimate of drug-likeness (QED) is 0.776. The number of aryl methyl sites for hydroxylation is 1. The van der Waals surface area contributed by atoms with E-state index in [9.17, 15) is 4.79 Å². The Morgan fingerprint density at radius 2 is 1.76 bits per heavy atom. The first-order chi connectivity index (χ1) is 10.0. The van der Waals surface area contributed by atoms with Crippen molar-refractivity contribution in [2.24, 2.45) is 0 Å². The molecule has 0 saturated heterocycles. The Kier molecular flexibility index (Phi) is 3.38. The summed E-state index contributed by atoms with van der Waals surface area (Å²) in [4.78, 5) is 14.5. The van der Waals surface area contributed by atoms with Crippen LogP contribution in [0.1, 0.15) is 27.0 Å². The highest BCUT2D eigenvalue weighted by Crippen LogP contribution is 2.28. The number of carbonyl (C=O) groups is 1. The Balaban J connectivity index is 1.90. The summed E-state index contributed by atoms with van der Waals surface area (Å²) in [6, 6.07) is 14.3. The standard InChI is InChI=1S/C19H19NO/c1-13-4-9-18-15(10-13)12-16(19(18)21)11-14-5-7-17(8-6-14)20(2)3/h4-11H,12H2,1-3H3/b16-11-. The van der Waals surface area contributed by atoms with Gasteiger partial charge in [0.1, 0.15) is 0 Å². The van der Waals surface area contributed by atoms with Gasteiger partial charge in [0.15, 0.2) is 5.78 Å². The van der Waals surface area contributed by atoms with E-state index in [2.05, 4.69) is 42.2 Å². The maximum atomic E-state index is 12.4. The molecule has 1 aliphatic carbocycles. The van der Waals surface area contributed by atoms with Gasteiger partial charge in [-0.25, -0.2) is 0 Å². The summed E-state index contributed by atoms with van der Waals surface area (Å²) >= 11 is 0. The zero-order valence-corrected chi connectivity index (χ0v) is 12.7. The van der Waals surface area contributed by atoms with Gasteiger partial charge >= 0.3 is 0 Å². The van der Waals surface area contributed by atoms with Crippen LogP contribution in [0.2, 0.25) is 0 Å². The lowest BCUT2D eigenvalue weighted by Crippen LogP contribution is -2.07. The SMILES string of the molecule is Cc1ccc2c(c1)C/C(=C/c1ccc(N(C)C)cc1)C2=O. The Labute approximate surface area is 125 Å². The van der Waals surface area contributed by atoms with Gasteiger partial charge in [-0.3, -0.25) is 4.79 Å². The first kappa shape index (κ1) is 13.6. The van der Waals surface area contributed by atoms with Gasteiger partial charge < -0.3 is 4.90 Å². The van der Waals surface area contributed by atoms with E-state index >= 15 is 0 Å². The molecule has 0 spiro atoms. The van der Waals surface area contributed by atoms with E-state index in [1.807, 2.05) is 32.3 Å². The van der Waals surface area contributed by atoms with Crippen LogP contribution in [0.5, 0.6) is 0 Å². The second kappa shape index (κ2) is 5.21. The number of hydrogen-bond donors (Lipinski definition) is 0. The lowest BCUT2D eigenvalue weighted by Gasteiger charge is -2.11. The molecule has 1 aliphatic rings. The van der Waals surface area contributed by atoms with Gasteiger partial charge in [0.05, 0.1) is 0 Å². The molecule has 0 aliphatic heterocycles. The largest absolute Gasteiger partial charge is 0.378 e. The van der Waals surface area contributed by atoms with E-state index in [1.54, 1.807) is 0 Å². The van der Waals surface area contributed by atoms with Crippen LogP contribution in [0.15, 0.2) is 48.0 Å². The fourth-order valence-corrected chi connectivity index (χ4v) is 2.74. The summed E-state index contributed by atoms with van der Waals surface area (Å²) in [7, 11) is 4.04. The fraction of sp³-hybridized carbons (Fsp3) is 0.211. The molecule has 21 heavy (non-hydrogen) atoms. The van der Waals surface area contributed by atoms with E-state index in [1.165, 1.54) is 5.56 Å². The number of Topliss-reactive ketones (excluding diaryl/α,β-unsaturated/α-hetero) is 1. The van der Waals surface area contributed by atoms with Crippen LogP contribution in [-0.2, 0) is 6.42 Å². The second-order valence-electron chi connectivity index (χ2n) is 5.82. The van der Waals surface area contributed by atoms with Crippen molar-refractivity contribution < 1.29 is 4.79 Å². The van der Waals surface area contributed by atoms with Gasteiger partial charge in [-0.2, -0.15) is 0 Å². The summed E-state index contributed by atoms with van der Waals surface area (Å²) in [6.45, 7) is 2.06. The molecule has 0 atom stereocenters. The summed E-state index contributed by atoms with van der Waals surface area (Å²) in [5, 5.41) is 0. The number of benzene rings is 2. The molecule has 0 fully saturated rings. The lowest BCUT2D eigenvalue weighted by molar-refractivity contribution is 0.104. The predicted octanol–water partition coefficient (Wildman–Crippen LogP) is 3.88. The molecule has 2 nitrogen and oxygen atoms in total. The monoisotopic (exact) mass is 277 g/mol. The molecule has 3 rings (SSSR count). The van der Waals surface area contributed by atoms with Crippen molar-refractivity contribution >= 4 is 17.5 Å².